The molecule has 8 heteroatoms. The zero-order valence-corrected chi connectivity index (χ0v) is 17.4. The summed E-state index contributed by atoms with van der Waals surface area (Å²) in [7, 11) is 0. The van der Waals surface area contributed by atoms with Gasteiger partial charge >= 0.3 is 0 Å². The molecule has 0 aliphatic carbocycles. The van der Waals surface area contributed by atoms with Crippen LogP contribution in [0.15, 0.2) is 42.5 Å². The van der Waals surface area contributed by atoms with E-state index in [2.05, 4.69) is 9.97 Å². The molecule has 1 unspecified atom stereocenters. The van der Waals surface area contributed by atoms with Gasteiger partial charge in [-0.25, -0.2) is 4.98 Å². The minimum Gasteiger partial charge on any atom is -0.384 e. The van der Waals surface area contributed by atoms with Gasteiger partial charge in [-0.2, -0.15) is 0 Å². The summed E-state index contributed by atoms with van der Waals surface area (Å²) in [4.78, 5) is 22.4. The Hall–Kier alpha value is -2.57. The molecule has 1 aliphatic rings. The fraction of sp³-hybridized carbons (Fsp3) is 0.286. The van der Waals surface area contributed by atoms with Crippen molar-refractivity contribution in [2.75, 3.05) is 6.54 Å². The fourth-order valence-electron chi connectivity index (χ4n) is 3.70. The molecule has 0 bridgehead atoms. The number of benzene rings is 2. The van der Waals surface area contributed by atoms with E-state index in [1.807, 2.05) is 47.4 Å². The van der Waals surface area contributed by atoms with E-state index in [1.54, 1.807) is 0 Å². The quantitative estimate of drug-likeness (QED) is 0.421. The molecule has 1 aliphatic heterocycles. The lowest BCUT2D eigenvalue weighted by molar-refractivity contribution is -0.135. The molecule has 29 heavy (non-hydrogen) atoms. The van der Waals surface area contributed by atoms with E-state index < -0.39 is 0 Å². The van der Waals surface area contributed by atoms with Crippen LogP contribution in [0.4, 0.5) is 0 Å². The number of nitrogen functional groups attached to an aromatic ring is 1. The van der Waals surface area contributed by atoms with Gasteiger partial charge in [0.2, 0.25) is 5.91 Å². The normalized spacial score (nSPS) is 16.7. The first kappa shape index (κ1) is 21.1. The van der Waals surface area contributed by atoms with Crippen LogP contribution in [0.1, 0.15) is 29.8 Å². The number of piperidine rings is 1. The predicted octanol–water partition coefficient (Wildman–Crippen LogP) is 3.90. The maximum Gasteiger partial charge on any atom is 0.223 e. The number of likely N-dealkylation sites (tertiary alicyclic amines) is 1. The maximum atomic E-state index is 12.6. The van der Waals surface area contributed by atoms with Crippen molar-refractivity contribution < 1.29 is 4.79 Å². The smallest absolute Gasteiger partial charge is 0.223 e. The van der Waals surface area contributed by atoms with E-state index in [-0.39, 0.29) is 24.1 Å². The molecule has 0 saturated carbocycles. The topological polar surface area (TPSA) is 98.9 Å². The Morgan fingerprint density at radius 3 is 2.72 bits per heavy atom. The number of nitrogens with one attached hydrogen (secondary N) is 2. The van der Waals surface area contributed by atoms with Gasteiger partial charge in [0.15, 0.2) is 0 Å². The fourth-order valence-corrected chi connectivity index (χ4v) is 3.87. The Morgan fingerprint density at radius 1 is 1.28 bits per heavy atom. The third kappa shape index (κ3) is 4.89. The number of amidine groups is 1. The van der Waals surface area contributed by atoms with Crippen molar-refractivity contribution in [3.63, 3.8) is 0 Å². The molecule has 0 radical (unpaired) electrons. The van der Waals surface area contributed by atoms with Crippen molar-refractivity contribution in [2.45, 2.75) is 25.8 Å². The van der Waals surface area contributed by atoms with Gasteiger partial charge in [-0.15, -0.1) is 12.4 Å². The van der Waals surface area contributed by atoms with Gasteiger partial charge in [0.1, 0.15) is 11.7 Å². The Balaban J connectivity index is 0.00000240. The Labute approximate surface area is 180 Å². The van der Waals surface area contributed by atoms with Crippen LogP contribution in [0.5, 0.6) is 0 Å². The van der Waals surface area contributed by atoms with Crippen LogP contribution in [0.2, 0.25) is 5.02 Å². The summed E-state index contributed by atoms with van der Waals surface area (Å²) in [6, 6.07) is 13.1. The minimum absolute atomic E-state index is 0. The van der Waals surface area contributed by atoms with E-state index in [0.717, 1.165) is 41.8 Å². The van der Waals surface area contributed by atoms with Crippen LogP contribution in [0.3, 0.4) is 0 Å². The average molecular weight is 432 g/mol. The van der Waals surface area contributed by atoms with E-state index >= 15 is 0 Å². The Kier molecular flexibility index (Phi) is 6.45. The van der Waals surface area contributed by atoms with Crippen molar-refractivity contribution in [3.05, 3.63) is 64.4 Å². The van der Waals surface area contributed by atoms with Gasteiger partial charge in [0.25, 0.3) is 0 Å². The molecule has 1 fully saturated rings. The first-order chi connectivity index (χ1) is 13.5. The third-order valence-corrected chi connectivity index (χ3v) is 5.47. The highest BCUT2D eigenvalue weighted by molar-refractivity contribution is 6.31. The molecule has 1 amide bonds. The van der Waals surface area contributed by atoms with Crippen molar-refractivity contribution in [2.24, 2.45) is 11.7 Å². The Bertz CT molecular complexity index is 1030. The number of nitrogens with two attached hydrogens (primary N) is 1. The molecule has 0 spiro atoms. The highest BCUT2D eigenvalue weighted by Crippen LogP contribution is 2.25. The lowest BCUT2D eigenvalue weighted by Gasteiger charge is -2.31. The molecule has 6 nitrogen and oxygen atoms in total. The van der Waals surface area contributed by atoms with E-state index in [4.69, 9.17) is 22.7 Å². The number of aromatic amines is 1. The van der Waals surface area contributed by atoms with Gasteiger partial charge in [0, 0.05) is 36.5 Å². The number of halogens is 2. The SMILES string of the molecule is Cl.N=C(N)c1ccc(CN2CCC(Cc3nc4ccc(Cl)cc4[nH]3)CC2=O)cc1. The van der Waals surface area contributed by atoms with E-state index in [0.29, 0.717) is 29.5 Å². The van der Waals surface area contributed by atoms with Gasteiger partial charge < -0.3 is 15.6 Å². The zero-order chi connectivity index (χ0) is 19.7. The summed E-state index contributed by atoms with van der Waals surface area (Å²) in [6.45, 7) is 1.33. The molecule has 1 saturated heterocycles. The number of carbonyl (C=O) groups is 1. The van der Waals surface area contributed by atoms with Gasteiger partial charge in [-0.05, 0) is 36.1 Å². The van der Waals surface area contributed by atoms with Crippen molar-refractivity contribution in [1.82, 2.24) is 14.9 Å². The summed E-state index contributed by atoms with van der Waals surface area (Å²) in [6.07, 6.45) is 2.25. The number of aromatic nitrogens is 2. The minimum atomic E-state index is 0. The molecule has 152 valence electrons. The predicted molar refractivity (Wildman–Crippen MR) is 118 cm³/mol. The molecule has 2 heterocycles. The van der Waals surface area contributed by atoms with Crippen LogP contribution in [0.25, 0.3) is 11.0 Å². The summed E-state index contributed by atoms with van der Waals surface area (Å²) >= 11 is 6.03. The number of H-pyrrole nitrogens is 1. The summed E-state index contributed by atoms with van der Waals surface area (Å²) in [5, 5.41) is 8.13. The summed E-state index contributed by atoms with van der Waals surface area (Å²) < 4.78 is 0. The van der Waals surface area contributed by atoms with Crippen LogP contribution in [-0.4, -0.2) is 33.2 Å². The molecular formula is C21H23Cl2N5O. The zero-order valence-electron chi connectivity index (χ0n) is 15.8. The highest BCUT2D eigenvalue weighted by Gasteiger charge is 2.26. The molecule has 1 aromatic heterocycles. The number of imidazole rings is 1. The second-order valence-electron chi connectivity index (χ2n) is 7.33. The molecule has 4 rings (SSSR count). The van der Waals surface area contributed by atoms with Crippen molar-refractivity contribution in [1.29, 1.82) is 5.41 Å². The molecule has 3 aromatic rings. The number of rotatable bonds is 5. The molecule has 4 N–H and O–H groups in total. The van der Waals surface area contributed by atoms with E-state index in [9.17, 15) is 4.79 Å². The Morgan fingerprint density at radius 2 is 2.03 bits per heavy atom. The molecule has 1 atom stereocenters. The van der Waals surface area contributed by atoms with Crippen LogP contribution >= 0.6 is 24.0 Å². The van der Waals surface area contributed by atoms with Crippen molar-refractivity contribution in [3.8, 4) is 0 Å². The van der Waals surface area contributed by atoms with Crippen LogP contribution in [0, 0.1) is 11.3 Å². The average Bonchev–Trinajstić information content (AvgIpc) is 3.05. The maximum absolute atomic E-state index is 12.6. The summed E-state index contributed by atoms with van der Waals surface area (Å²) in [5.74, 6) is 1.42. The number of carbonyl (C=O) groups excluding carboxylic acids is 1. The van der Waals surface area contributed by atoms with Gasteiger partial charge in [0.05, 0.1) is 11.0 Å². The highest BCUT2D eigenvalue weighted by atomic mass is 35.5. The first-order valence-corrected chi connectivity index (χ1v) is 9.71. The van der Waals surface area contributed by atoms with Gasteiger partial charge in [-0.1, -0.05) is 35.9 Å². The second kappa shape index (κ2) is 8.84. The van der Waals surface area contributed by atoms with Crippen LogP contribution in [-0.2, 0) is 17.8 Å². The monoisotopic (exact) mass is 431 g/mol. The van der Waals surface area contributed by atoms with Crippen LogP contribution < -0.4 is 5.73 Å². The molecular weight excluding hydrogens is 409 g/mol. The van der Waals surface area contributed by atoms with Crippen molar-refractivity contribution >= 4 is 46.8 Å². The lowest BCUT2D eigenvalue weighted by Crippen LogP contribution is -2.38. The number of fused-ring (bicyclic) bond motifs is 1. The second-order valence-corrected chi connectivity index (χ2v) is 7.77. The summed E-state index contributed by atoms with van der Waals surface area (Å²) in [5.41, 5.74) is 9.06. The van der Waals surface area contributed by atoms with Gasteiger partial charge in [-0.3, -0.25) is 10.2 Å². The number of amides is 1. The number of hydrogen-bond donors (Lipinski definition) is 3. The lowest BCUT2D eigenvalue weighted by atomic mass is 9.92. The van der Waals surface area contributed by atoms with E-state index in [1.165, 1.54) is 0 Å². The third-order valence-electron chi connectivity index (χ3n) is 5.24. The number of hydrogen-bond acceptors (Lipinski definition) is 3. The largest absolute Gasteiger partial charge is 0.384 e. The number of nitrogens with zero attached hydrogens (tertiary/aromatic N) is 2. The standard InChI is InChI=1S/C21H22ClN5O.ClH/c22-16-5-6-17-18(11-16)26-19(25-17)9-14-7-8-27(20(28)10-14)12-13-1-3-15(4-2-13)21(23)24;/h1-6,11,14H,7-10,12H2,(H3,23,24)(H,25,26);1H. The first-order valence-electron chi connectivity index (χ1n) is 9.33. The molecule has 2 aromatic carbocycles.